The molecule has 3 heteroatoms. The standard InChI is InChI=1S/C13H19N3/c1-10-9-11-12(14)5-4-6-13(11)16(10)8-7-15(2)3/h4-6,9H,7-8,14H2,1-3H3. The number of benzene rings is 1. The quantitative estimate of drug-likeness (QED) is 0.799. The summed E-state index contributed by atoms with van der Waals surface area (Å²) in [4.78, 5) is 2.19. The lowest BCUT2D eigenvalue weighted by molar-refractivity contribution is 0.385. The van der Waals surface area contributed by atoms with Crippen LogP contribution in [0.4, 0.5) is 5.69 Å². The zero-order chi connectivity index (χ0) is 11.7. The van der Waals surface area contributed by atoms with Gasteiger partial charge in [-0.05, 0) is 39.2 Å². The highest BCUT2D eigenvalue weighted by Crippen LogP contribution is 2.24. The van der Waals surface area contributed by atoms with Crippen LogP contribution in [0.2, 0.25) is 0 Å². The molecule has 2 N–H and O–H groups in total. The smallest absolute Gasteiger partial charge is 0.0503 e. The molecular formula is C13H19N3. The van der Waals surface area contributed by atoms with Crippen molar-refractivity contribution in [2.24, 2.45) is 0 Å². The van der Waals surface area contributed by atoms with E-state index in [1.807, 2.05) is 12.1 Å². The van der Waals surface area contributed by atoms with E-state index in [1.165, 1.54) is 16.6 Å². The summed E-state index contributed by atoms with van der Waals surface area (Å²) >= 11 is 0. The van der Waals surface area contributed by atoms with Gasteiger partial charge >= 0.3 is 0 Å². The number of anilines is 1. The monoisotopic (exact) mass is 217 g/mol. The first-order valence-corrected chi connectivity index (χ1v) is 5.58. The molecule has 0 radical (unpaired) electrons. The lowest BCUT2D eigenvalue weighted by atomic mass is 10.2. The Morgan fingerprint density at radius 1 is 1.31 bits per heavy atom. The van der Waals surface area contributed by atoms with Crippen molar-refractivity contribution in [1.29, 1.82) is 0 Å². The number of hydrogen-bond donors (Lipinski definition) is 1. The van der Waals surface area contributed by atoms with E-state index in [4.69, 9.17) is 5.73 Å². The molecule has 86 valence electrons. The van der Waals surface area contributed by atoms with E-state index in [2.05, 4.69) is 42.6 Å². The number of nitrogens with zero attached hydrogens (tertiary/aromatic N) is 2. The first-order chi connectivity index (χ1) is 7.59. The van der Waals surface area contributed by atoms with Gasteiger partial charge < -0.3 is 15.2 Å². The molecule has 0 bridgehead atoms. The van der Waals surface area contributed by atoms with Crippen molar-refractivity contribution in [3.63, 3.8) is 0 Å². The zero-order valence-electron chi connectivity index (χ0n) is 10.2. The maximum atomic E-state index is 5.97. The van der Waals surface area contributed by atoms with Gasteiger partial charge in [-0.3, -0.25) is 0 Å². The molecule has 3 nitrogen and oxygen atoms in total. The highest BCUT2D eigenvalue weighted by molar-refractivity contribution is 5.92. The number of nitrogens with two attached hydrogens (primary N) is 1. The third kappa shape index (κ3) is 1.91. The molecule has 2 rings (SSSR count). The molecule has 0 aliphatic rings. The molecule has 0 fully saturated rings. The molecule has 0 spiro atoms. The molecule has 1 aromatic carbocycles. The van der Waals surface area contributed by atoms with Crippen LogP contribution in [-0.2, 0) is 6.54 Å². The van der Waals surface area contributed by atoms with Crippen molar-refractivity contribution >= 4 is 16.6 Å². The molecule has 1 heterocycles. The van der Waals surface area contributed by atoms with Crippen molar-refractivity contribution in [1.82, 2.24) is 9.47 Å². The van der Waals surface area contributed by atoms with E-state index >= 15 is 0 Å². The summed E-state index contributed by atoms with van der Waals surface area (Å²) < 4.78 is 2.33. The second kappa shape index (κ2) is 4.18. The first-order valence-electron chi connectivity index (χ1n) is 5.58. The average molecular weight is 217 g/mol. The van der Waals surface area contributed by atoms with Crippen molar-refractivity contribution in [3.05, 3.63) is 30.0 Å². The van der Waals surface area contributed by atoms with Crippen LogP contribution in [0.15, 0.2) is 24.3 Å². The van der Waals surface area contributed by atoms with Gasteiger partial charge in [0.15, 0.2) is 0 Å². The number of rotatable bonds is 3. The molecule has 0 saturated carbocycles. The van der Waals surface area contributed by atoms with Crippen LogP contribution >= 0.6 is 0 Å². The van der Waals surface area contributed by atoms with E-state index in [1.54, 1.807) is 0 Å². The van der Waals surface area contributed by atoms with Crippen LogP contribution in [0, 0.1) is 6.92 Å². The lowest BCUT2D eigenvalue weighted by Gasteiger charge is -2.13. The SMILES string of the molecule is Cc1cc2c(N)cccc2n1CCN(C)C. The van der Waals surface area contributed by atoms with E-state index in [0.29, 0.717) is 0 Å². The molecule has 0 unspecified atom stereocenters. The van der Waals surface area contributed by atoms with Crippen LogP contribution in [0.1, 0.15) is 5.69 Å². The molecule has 0 saturated heterocycles. The van der Waals surface area contributed by atoms with Gasteiger partial charge in [-0.1, -0.05) is 6.07 Å². The Morgan fingerprint density at radius 3 is 2.75 bits per heavy atom. The van der Waals surface area contributed by atoms with Crippen LogP contribution < -0.4 is 5.73 Å². The number of fused-ring (bicyclic) bond motifs is 1. The largest absolute Gasteiger partial charge is 0.398 e. The summed E-state index contributed by atoms with van der Waals surface area (Å²) in [5, 5.41) is 1.17. The molecule has 16 heavy (non-hydrogen) atoms. The van der Waals surface area contributed by atoms with Crippen LogP contribution in [0.25, 0.3) is 10.9 Å². The van der Waals surface area contributed by atoms with Crippen molar-refractivity contribution in [2.45, 2.75) is 13.5 Å². The highest BCUT2D eigenvalue weighted by atomic mass is 15.1. The summed E-state index contributed by atoms with van der Waals surface area (Å²) in [5.74, 6) is 0. The molecule has 2 aromatic rings. The Balaban J connectivity index is 2.44. The molecule has 0 amide bonds. The van der Waals surface area contributed by atoms with Gasteiger partial charge in [-0.2, -0.15) is 0 Å². The van der Waals surface area contributed by atoms with Crippen molar-refractivity contribution in [2.75, 3.05) is 26.4 Å². The molecule has 0 aliphatic carbocycles. The van der Waals surface area contributed by atoms with Crippen molar-refractivity contribution in [3.8, 4) is 0 Å². The van der Waals surface area contributed by atoms with E-state index in [-0.39, 0.29) is 0 Å². The van der Waals surface area contributed by atoms with Crippen LogP contribution in [-0.4, -0.2) is 30.1 Å². The summed E-state index contributed by atoms with van der Waals surface area (Å²) in [7, 11) is 4.19. The average Bonchev–Trinajstić information content (AvgIpc) is 2.53. The zero-order valence-corrected chi connectivity index (χ0v) is 10.2. The predicted molar refractivity (Wildman–Crippen MR) is 69.6 cm³/mol. The minimum atomic E-state index is 0.865. The van der Waals surface area contributed by atoms with E-state index in [0.717, 1.165) is 18.8 Å². The number of nitrogen functional groups attached to an aromatic ring is 1. The first kappa shape index (κ1) is 11.0. The van der Waals surface area contributed by atoms with Crippen LogP contribution in [0.3, 0.4) is 0 Å². The molecular weight excluding hydrogens is 198 g/mol. The topological polar surface area (TPSA) is 34.2 Å². The fraction of sp³-hybridized carbons (Fsp3) is 0.385. The third-order valence-electron chi connectivity index (χ3n) is 2.96. The number of likely N-dealkylation sites (N-methyl/N-ethyl adjacent to an activating group) is 1. The Morgan fingerprint density at radius 2 is 2.06 bits per heavy atom. The van der Waals surface area contributed by atoms with Gasteiger partial charge in [0, 0.05) is 29.9 Å². The fourth-order valence-electron chi connectivity index (χ4n) is 2.04. The van der Waals surface area contributed by atoms with Gasteiger partial charge in [-0.25, -0.2) is 0 Å². The Bertz CT molecular complexity index is 497. The number of aryl methyl sites for hydroxylation is 1. The summed E-state index contributed by atoms with van der Waals surface area (Å²) in [6, 6.07) is 8.27. The second-order valence-electron chi connectivity index (χ2n) is 4.52. The maximum Gasteiger partial charge on any atom is 0.0503 e. The normalized spacial score (nSPS) is 11.5. The summed E-state index contributed by atoms with van der Waals surface area (Å²) in [6.07, 6.45) is 0. The van der Waals surface area contributed by atoms with Gasteiger partial charge in [0.1, 0.15) is 0 Å². The number of hydrogen-bond acceptors (Lipinski definition) is 2. The lowest BCUT2D eigenvalue weighted by Crippen LogP contribution is -2.18. The molecule has 0 atom stereocenters. The summed E-state index contributed by atoms with van der Waals surface area (Å²) in [5.41, 5.74) is 9.34. The van der Waals surface area contributed by atoms with Gasteiger partial charge in [0.25, 0.3) is 0 Å². The van der Waals surface area contributed by atoms with Gasteiger partial charge in [0.05, 0.1) is 5.52 Å². The molecule has 1 aromatic heterocycles. The van der Waals surface area contributed by atoms with E-state index < -0.39 is 0 Å². The van der Waals surface area contributed by atoms with Crippen molar-refractivity contribution < 1.29 is 0 Å². The van der Waals surface area contributed by atoms with E-state index in [9.17, 15) is 0 Å². The minimum absolute atomic E-state index is 0.865. The predicted octanol–water partition coefficient (Wildman–Crippen LogP) is 2.09. The Kier molecular flexibility index (Phi) is 2.88. The minimum Gasteiger partial charge on any atom is -0.398 e. The highest BCUT2D eigenvalue weighted by Gasteiger charge is 2.07. The van der Waals surface area contributed by atoms with Crippen LogP contribution in [0.5, 0.6) is 0 Å². The fourth-order valence-corrected chi connectivity index (χ4v) is 2.04. The summed E-state index contributed by atoms with van der Waals surface area (Å²) in [6.45, 7) is 4.18. The van der Waals surface area contributed by atoms with Gasteiger partial charge in [-0.15, -0.1) is 0 Å². The van der Waals surface area contributed by atoms with Gasteiger partial charge in [0.2, 0.25) is 0 Å². The Hall–Kier alpha value is -1.48. The third-order valence-corrected chi connectivity index (χ3v) is 2.96. The Labute approximate surface area is 96.5 Å². The molecule has 0 aliphatic heterocycles. The second-order valence-corrected chi connectivity index (χ2v) is 4.52. The maximum absolute atomic E-state index is 5.97. The number of aromatic nitrogens is 1.